The van der Waals surface area contributed by atoms with Crippen molar-refractivity contribution in [3.63, 3.8) is 0 Å². The Morgan fingerprint density at radius 3 is 2.34 bits per heavy atom. The van der Waals surface area contributed by atoms with Gasteiger partial charge < -0.3 is 15.1 Å². The molecule has 64 heavy (non-hydrogen) atoms. The van der Waals surface area contributed by atoms with Crippen molar-refractivity contribution in [3.8, 4) is 21.8 Å². The summed E-state index contributed by atoms with van der Waals surface area (Å²) in [6.07, 6.45) is 7.81. The molecule has 14 nitrogen and oxygen atoms in total. The summed E-state index contributed by atoms with van der Waals surface area (Å²) < 4.78 is 43.6. The van der Waals surface area contributed by atoms with Crippen LogP contribution >= 0.6 is 11.3 Å². The van der Waals surface area contributed by atoms with Gasteiger partial charge >= 0.3 is 0 Å². The number of nitrogens with one attached hydrogen (secondary N) is 3. The molecule has 3 N–H and O–H groups in total. The minimum Gasteiger partial charge on any atom is -0.357 e. The highest BCUT2D eigenvalue weighted by Crippen LogP contribution is 2.42. The van der Waals surface area contributed by atoms with Gasteiger partial charge in [-0.2, -0.15) is 0 Å². The molecule has 2 aromatic carbocycles. The van der Waals surface area contributed by atoms with Crippen molar-refractivity contribution < 1.29 is 27.2 Å². The van der Waals surface area contributed by atoms with Gasteiger partial charge in [-0.1, -0.05) is 45.9 Å². The fourth-order valence-electron chi connectivity index (χ4n) is 8.67. The Balaban J connectivity index is 0.875. The van der Waals surface area contributed by atoms with E-state index < -0.39 is 15.8 Å². The molecule has 3 aliphatic rings. The molecule has 3 saturated heterocycles. The Bertz CT molecular complexity index is 2640. The first-order valence-electron chi connectivity index (χ1n) is 22.0. The minimum absolute atomic E-state index is 0.0356. The Morgan fingerprint density at radius 2 is 1.64 bits per heavy atom. The predicted molar refractivity (Wildman–Crippen MR) is 248 cm³/mol. The molecular weight excluding hydrogens is 854 g/mol. The third-order valence-corrected chi connectivity index (χ3v) is 15.2. The van der Waals surface area contributed by atoms with Crippen molar-refractivity contribution in [2.75, 3.05) is 46.9 Å². The van der Waals surface area contributed by atoms with Gasteiger partial charge in [0.05, 0.1) is 38.6 Å². The lowest BCUT2D eigenvalue weighted by Gasteiger charge is -2.38. The average molecular weight is 908 g/mol. The summed E-state index contributed by atoms with van der Waals surface area (Å²) in [4.78, 5) is 61.4. The molecule has 3 fully saturated rings. The number of imide groups is 1. The highest BCUT2D eigenvalue weighted by molar-refractivity contribution is 7.92. The summed E-state index contributed by atoms with van der Waals surface area (Å²) >= 11 is 1.42. The van der Waals surface area contributed by atoms with Crippen LogP contribution in [-0.4, -0.2) is 82.9 Å². The molecule has 3 aromatic heterocycles. The van der Waals surface area contributed by atoms with Crippen molar-refractivity contribution in [1.82, 2.24) is 30.2 Å². The van der Waals surface area contributed by atoms with Gasteiger partial charge in [0, 0.05) is 67.6 Å². The Morgan fingerprint density at radius 1 is 0.906 bits per heavy atom. The van der Waals surface area contributed by atoms with E-state index in [1.165, 1.54) is 23.0 Å². The number of sulfonamides is 1. The average Bonchev–Trinajstić information content (AvgIpc) is 3.74. The fourth-order valence-corrected chi connectivity index (χ4v) is 10.9. The molecule has 0 radical (unpaired) electrons. The number of nitrogens with zero attached hydrogens (tertiary/aromatic N) is 6. The zero-order chi connectivity index (χ0) is 45.2. The van der Waals surface area contributed by atoms with Gasteiger partial charge in [0.1, 0.15) is 5.82 Å². The van der Waals surface area contributed by atoms with Crippen LogP contribution in [0.15, 0.2) is 73.1 Å². The second-order valence-electron chi connectivity index (χ2n) is 17.9. The number of pyridine rings is 1. The first-order chi connectivity index (χ1) is 30.7. The van der Waals surface area contributed by atoms with Crippen LogP contribution in [0.2, 0.25) is 0 Å². The molecule has 8 rings (SSSR count). The maximum absolute atomic E-state index is 16.1. The third kappa shape index (κ3) is 10.1. The molecule has 3 amide bonds. The molecule has 336 valence electrons. The monoisotopic (exact) mass is 907 g/mol. The third-order valence-electron chi connectivity index (χ3n) is 12.2. The van der Waals surface area contributed by atoms with Crippen LogP contribution in [0.4, 0.5) is 27.5 Å². The van der Waals surface area contributed by atoms with Crippen molar-refractivity contribution in [3.05, 3.63) is 95.0 Å². The number of amides is 3. The molecule has 0 saturated carbocycles. The largest absolute Gasteiger partial charge is 0.357 e. The SMILES string of the molecule is CCCS(=O)(=O)Nc1cccc(-c2nc(C(C)(C)C)sc2-c2ccnc(Nc3ccc(C4CCN(C(=O)C5CCN(c6cc([C@@H]7CCC(=O)NC7=O)ccn6)CC5)CC4)cc3)n2)c1F. The number of halogens is 1. The fraction of sp³-hybridized carbons (Fsp3) is 0.426. The molecule has 0 spiro atoms. The lowest BCUT2D eigenvalue weighted by atomic mass is 9.88. The number of anilines is 4. The number of benzene rings is 2. The molecule has 17 heteroatoms. The van der Waals surface area contributed by atoms with Gasteiger partial charge in [0.25, 0.3) is 0 Å². The lowest BCUT2D eigenvalue weighted by Crippen LogP contribution is -2.45. The van der Waals surface area contributed by atoms with Crippen LogP contribution in [0.1, 0.15) is 101 Å². The predicted octanol–water partition coefficient (Wildman–Crippen LogP) is 8.14. The molecule has 1 atom stereocenters. The van der Waals surface area contributed by atoms with Gasteiger partial charge in [-0.05, 0) is 98.0 Å². The Hall–Kier alpha value is -5.81. The maximum Gasteiger partial charge on any atom is 0.234 e. The first-order valence-corrected chi connectivity index (χ1v) is 24.5. The van der Waals surface area contributed by atoms with Gasteiger partial charge in [-0.15, -0.1) is 11.3 Å². The Kier molecular flexibility index (Phi) is 13.1. The zero-order valence-electron chi connectivity index (χ0n) is 36.6. The number of carbonyl (C=O) groups is 3. The van der Waals surface area contributed by atoms with Gasteiger partial charge in [-0.3, -0.25) is 24.4 Å². The van der Waals surface area contributed by atoms with Crippen LogP contribution in [0.25, 0.3) is 21.8 Å². The van der Waals surface area contributed by atoms with E-state index in [1.807, 2.05) is 49.9 Å². The number of thiazole rings is 1. The van der Waals surface area contributed by atoms with Gasteiger partial charge in [0.15, 0.2) is 5.82 Å². The summed E-state index contributed by atoms with van der Waals surface area (Å²) in [6, 6.07) is 18.4. The van der Waals surface area contributed by atoms with E-state index in [0.29, 0.717) is 73.6 Å². The summed E-state index contributed by atoms with van der Waals surface area (Å²) in [7, 11) is -3.72. The number of likely N-dealkylation sites (tertiary alicyclic amines) is 1. The summed E-state index contributed by atoms with van der Waals surface area (Å²) in [5.41, 5.74) is 3.49. The van der Waals surface area contributed by atoms with E-state index in [-0.39, 0.29) is 52.0 Å². The number of aromatic nitrogens is 4. The molecule has 0 unspecified atom stereocenters. The van der Waals surface area contributed by atoms with Crippen LogP contribution in [0.5, 0.6) is 0 Å². The standard InChI is InChI=1S/C47H54FN9O5S2/c1-5-27-64(61,62)55-36-8-6-7-35(40(36)48)41-42(63-45(54-41)47(2,3)4)37-16-22-50-46(52-37)51-33-11-9-29(10-12-33)30-17-25-57(26-18-30)44(60)31-19-23-56(24-20-31)38-28-32(15-21-49-38)34-13-14-39(58)53-43(34)59/h6-12,15-16,21-22,28,30-31,34,55H,5,13-14,17-20,23-27H2,1-4H3,(H,50,51,52)(H,53,58,59)/t34-/m0/s1. The number of rotatable bonds is 12. The van der Waals surface area contributed by atoms with E-state index in [4.69, 9.17) is 9.97 Å². The molecule has 5 aromatic rings. The van der Waals surface area contributed by atoms with Gasteiger partial charge in [0.2, 0.25) is 33.7 Å². The highest BCUT2D eigenvalue weighted by atomic mass is 32.2. The van der Waals surface area contributed by atoms with Crippen molar-refractivity contribution >= 4 is 62.2 Å². The number of hydrogen-bond acceptors (Lipinski definition) is 12. The lowest BCUT2D eigenvalue weighted by molar-refractivity contribution is -0.137. The second-order valence-corrected chi connectivity index (χ2v) is 20.7. The van der Waals surface area contributed by atoms with Crippen molar-refractivity contribution in [2.24, 2.45) is 5.92 Å². The normalized spacial score (nSPS) is 17.9. The number of piperidine rings is 3. The van der Waals surface area contributed by atoms with Crippen LogP contribution in [0, 0.1) is 11.7 Å². The quantitative estimate of drug-likeness (QED) is 0.103. The highest BCUT2D eigenvalue weighted by Gasteiger charge is 2.33. The van der Waals surface area contributed by atoms with E-state index in [2.05, 4.69) is 42.4 Å². The van der Waals surface area contributed by atoms with E-state index in [9.17, 15) is 22.8 Å². The maximum atomic E-state index is 16.1. The van der Waals surface area contributed by atoms with E-state index in [0.717, 1.165) is 47.8 Å². The van der Waals surface area contributed by atoms with E-state index >= 15 is 4.39 Å². The molecule has 6 heterocycles. The molecular formula is C47H54FN9O5S2. The van der Waals surface area contributed by atoms with Gasteiger partial charge in [-0.25, -0.2) is 32.7 Å². The van der Waals surface area contributed by atoms with E-state index in [1.54, 1.807) is 37.5 Å². The number of hydrogen-bond donors (Lipinski definition) is 3. The topological polar surface area (TPSA) is 179 Å². The summed E-state index contributed by atoms with van der Waals surface area (Å²) in [5.74, 6) is -0.0162. The number of carbonyl (C=O) groups excluding carboxylic acids is 3. The van der Waals surface area contributed by atoms with Crippen LogP contribution in [-0.2, 0) is 29.8 Å². The molecule has 0 bridgehead atoms. The summed E-state index contributed by atoms with van der Waals surface area (Å²) in [5, 5.41) is 6.53. The van der Waals surface area contributed by atoms with Crippen molar-refractivity contribution in [2.45, 2.75) is 89.9 Å². The minimum atomic E-state index is -3.72. The first kappa shape index (κ1) is 44.8. The summed E-state index contributed by atoms with van der Waals surface area (Å²) in [6.45, 7) is 10.7. The second kappa shape index (κ2) is 18.7. The molecule has 0 aliphatic carbocycles. The smallest absolute Gasteiger partial charge is 0.234 e. The Labute approximate surface area is 377 Å². The van der Waals surface area contributed by atoms with Crippen LogP contribution < -0.4 is 20.3 Å². The molecule has 3 aliphatic heterocycles. The zero-order valence-corrected chi connectivity index (χ0v) is 38.2. The van der Waals surface area contributed by atoms with Crippen molar-refractivity contribution in [1.29, 1.82) is 0 Å². The van der Waals surface area contributed by atoms with Crippen LogP contribution in [0.3, 0.4) is 0 Å².